The number of fused-ring (bicyclic) bond motifs is 2. The summed E-state index contributed by atoms with van der Waals surface area (Å²) in [4.78, 5) is 24.2. The lowest BCUT2D eigenvalue weighted by Gasteiger charge is -2.24. The van der Waals surface area contributed by atoms with Crippen molar-refractivity contribution in [2.24, 2.45) is 0 Å². The number of benzene rings is 2. The van der Waals surface area contributed by atoms with Gasteiger partial charge in [-0.25, -0.2) is 4.79 Å². The van der Waals surface area contributed by atoms with E-state index in [0.717, 1.165) is 34.7 Å². The second-order valence-electron chi connectivity index (χ2n) is 7.99. The van der Waals surface area contributed by atoms with Crippen molar-refractivity contribution in [3.63, 3.8) is 0 Å². The summed E-state index contributed by atoms with van der Waals surface area (Å²) in [5.74, 6) is 0.274. The predicted octanol–water partition coefficient (Wildman–Crippen LogP) is 6.02. The van der Waals surface area contributed by atoms with Crippen LogP contribution in [-0.2, 0) is 22.4 Å². The largest absolute Gasteiger partial charge is 0.426 e. The fourth-order valence-corrected chi connectivity index (χ4v) is 3.72. The second-order valence-corrected chi connectivity index (χ2v) is 7.99. The number of allylic oxidation sites excluding steroid dienone is 4. The van der Waals surface area contributed by atoms with Crippen molar-refractivity contribution in [2.75, 3.05) is 0 Å². The van der Waals surface area contributed by atoms with Crippen LogP contribution in [-0.4, -0.2) is 11.9 Å². The molecule has 0 N–H and O–H groups in total. The molecule has 0 saturated heterocycles. The minimum absolute atomic E-state index is 0.340. The van der Waals surface area contributed by atoms with Gasteiger partial charge in [0.2, 0.25) is 0 Å². The van der Waals surface area contributed by atoms with Crippen molar-refractivity contribution in [3.8, 4) is 11.5 Å². The molecular weight excluding hydrogens is 376 g/mol. The molecule has 0 atom stereocenters. The molecule has 0 radical (unpaired) electrons. The number of ether oxygens (including phenoxy) is 2. The molecule has 0 aliphatic heterocycles. The fraction of sp³-hybridized carbons (Fsp3) is 0.308. The molecule has 0 bridgehead atoms. The Morgan fingerprint density at radius 2 is 1.63 bits per heavy atom. The third-order valence-electron chi connectivity index (χ3n) is 5.13. The van der Waals surface area contributed by atoms with Gasteiger partial charge in [-0.2, -0.15) is 0 Å². The van der Waals surface area contributed by atoms with Crippen molar-refractivity contribution in [1.82, 2.24) is 0 Å². The van der Waals surface area contributed by atoms with Crippen LogP contribution < -0.4 is 9.47 Å². The first kappa shape index (κ1) is 21.6. The van der Waals surface area contributed by atoms with Crippen molar-refractivity contribution in [2.45, 2.75) is 53.4 Å². The van der Waals surface area contributed by atoms with Crippen LogP contribution in [0, 0.1) is 0 Å². The molecule has 0 saturated carbocycles. The molecule has 4 nitrogen and oxygen atoms in total. The van der Waals surface area contributed by atoms with E-state index in [2.05, 4.69) is 32.6 Å². The van der Waals surface area contributed by atoms with Gasteiger partial charge < -0.3 is 9.47 Å². The van der Waals surface area contributed by atoms with E-state index in [1.54, 1.807) is 6.92 Å². The average Bonchev–Trinajstić information content (AvgIpc) is 2.69. The van der Waals surface area contributed by atoms with Crippen molar-refractivity contribution < 1.29 is 19.1 Å². The lowest BCUT2D eigenvalue weighted by atomic mass is 9.85. The van der Waals surface area contributed by atoms with Gasteiger partial charge in [-0.05, 0) is 46.5 Å². The van der Waals surface area contributed by atoms with Crippen LogP contribution in [0.1, 0.15) is 51.7 Å². The highest BCUT2D eigenvalue weighted by atomic mass is 16.5. The third kappa shape index (κ3) is 4.70. The smallest absolute Gasteiger partial charge is 0.338 e. The maximum absolute atomic E-state index is 12.4. The Bertz CT molecular complexity index is 1080. The molecule has 1 aliphatic rings. The van der Waals surface area contributed by atoms with Gasteiger partial charge in [0.1, 0.15) is 11.5 Å². The Labute approximate surface area is 177 Å². The number of rotatable bonds is 6. The van der Waals surface area contributed by atoms with Crippen LogP contribution in [0.3, 0.4) is 0 Å². The quantitative estimate of drug-likeness (QED) is 0.256. The maximum atomic E-state index is 12.4. The SMILES string of the molecule is C=C(C)C(=O)Oc1c2c(c(OC(C)=O)c3ccccc13)CC=C(CCC=C(C)C)C2. The van der Waals surface area contributed by atoms with Crippen LogP contribution in [0.4, 0.5) is 0 Å². The molecular formula is C26H28O4. The zero-order valence-electron chi connectivity index (χ0n) is 18.1. The summed E-state index contributed by atoms with van der Waals surface area (Å²) in [6, 6.07) is 7.55. The van der Waals surface area contributed by atoms with Crippen LogP contribution in [0.2, 0.25) is 0 Å². The van der Waals surface area contributed by atoms with Crippen LogP contribution >= 0.6 is 0 Å². The van der Waals surface area contributed by atoms with Crippen molar-refractivity contribution in [1.29, 1.82) is 0 Å². The number of carbonyl (C=O) groups is 2. The Balaban J connectivity index is 2.14. The Kier molecular flexibility index (Phi) is 6.56. The number of carbonyl (C=O) groups excluding carboxylic acids is 2. The topological polar surface area (TPSA) is 52.6 Å². The van der Waals surface area contributed by atoms with E-state index >= 15 is 0 Å². The van der Waals surface area contributed by atoms with Crippen molar-refractivity contribution >= 4 is 22.7 Å². The van der Waals surface area contributed by atoms with Gasteiger partial charge >= 0.3 is 11.9 Å². The van der Waals surface area contributed by atoms with E-state index in [9.17, 15) is 9.59 Å². The molecule has 1 aliphatic carbocycles. The lowest BCUT2D eigenvalue weighted by Crippen LogP contribution is -2.15. The van der Waals surface area contributed by atoms with E-state index in [1.165, 1.54) is 18.1 Å². The van der Waals surface area contributed by atoms with Gasteiger partial charge in [0.15, 0.2) is 0 Å². The molecule has 2 aromatic rings. The first-order valence-corrected chi connectivity index (χ1v) is 10.2. The summed E-state index contributed by atoms with van der Waals surface area (Å²) in [7, 11) is 0. The minimum atomic E-state index is -0.455. The summed E-state index contributed by atoms with van der Waals surface area (Å²) >= 11 is 0. The Morgan fingerprint density at radius 1 is 1.00 bits per heavy atom. The molecule has 0 fully saturated rings. The molecule has 0 unspecified atom stereocenters. The van der Waals surface area contributed by atoms with Gasteiger partial charge in [0, 0.05) is 34.4 Å². The lowest BCUT2D eigenvalue weighted by molar-refractivity contribution is -0.132. The zero-order chi connectivity index (χ0) is 21.8. The summed E-state index contributed by atoms with van der Waals surface area (Å²) in [6.07, 6.45) is 7.62. The number of hydrogen-bond acceptors (Lipinski definition) is 4. The van der Waals surface area contributed by atoms with E-state index in [-0.39, 0.29) is 5.97 Å². The highest BCUT2D eigenvalue weighted by Gasteiger charge is 2.26. The number of hydrogen-bond donors (Lipinski definition) is 0. The van der Waals surface area contributed by atoms with Crippen LogP contribution in [0.15, 0.2) is 59.7 Å². The van der Waals surface area contributed by atoms with Gasteiger partial charge in [-0.1, -0.05) is 54.1 Å². The first-order chi connectivity index (χ1) is 14.3. The first-order valence-electron chi connectivity index (χ1n) is 10.2. The molecule has 0 spiro atoms. The Morgan fingerprint density at radius 3 is 2.20 bits per heavy atom. The summed E-state index contributed by atoms with van der Waals surface area (Å²) < 4.78 is 11.5. The summed E-state index contributed by atoms with van der Waals surface area (Å²) in [5, 5.41) is 1.52. The predicted molar refractivity (Wildman–Crippen MR) is 120 cm³/mol. The normalized spacial score (nSPS) is 12.6. The summed E-state index contributed by atoms with van der Waals surface area (Å²) in [6.45, 7) is 10.9. The van der Waals surface area contributed by atoms with Gasteiger partial charge in [-0.3, -0.25) is 4.79 Å². The fourth-order valence-electron chi connectivity index (χ4n) is 3.72. The van der Waals surface area contributed by atoms with Crippen molar-refractivity contribution in [3.05, 3.63) is 70.8 Å². The van der Waals surface area contributed by atoms with E-state index in [1.807, 2.05) is 24.3 Å². The second kappa shape index (κ2) is 9.12. The molecule has 30 heavy (non-hydrogen) atoms. The monoisotopic (exact) mass is 404 g/mol. The van der Waals surface area contributed by atoms with Crippen LogP contribution in [0.5, 0.6) is 11.5 Å². The number of esters is 2. The molecule has 3 rings (SSSR count). The molecule has 0 heterocycles. The summed E-state index contributed by atoms with van der Waals surface area (Å²) in [5.41, 5.74) is 4.74. The van der Waals surface area contributed by atoms with Gasteiger partial charge in [0.25, 0.3) is 0 Å². The van der Waals surface area contributed by atoms with Crippen LogP contribution in [0.25, 0.3) is 10.8 Å². The average molecular weight is 405 g/mol. The minimum Gasteiger partial charge on any atom is -0.426 e. The zero-order valence-corrected chi connectivity index (χ0v) is 18.1. The van der Waals surface area contributed by atoms with Gasteiger partial charge in [0.05, 0.1) is 0 Å². The standard InChI is InChI=1S/C26H28O4/c1-16(2)9-8-10-19-13-14-22-23(15-19)25(30-26(28)17(3)4)21-12-7-6-11-20(21)24(22)29-18(5)27/h6-7,9,11-13H,3,8,10,14-15H2,1-2,4-5H3. The molecule has 4 heteroatoms. The van der Waals surface area contributed by atoms with E-state index < -0.39 is 5.97 Å². The maximum Gasteiger partial charge on any atom is 0.338 e. The molecule has 0 aromatic heterocycles. The molecule has 156 valence electrons. The Hall–Kier alpha value is -3.14. The van der Waals surface area contributed by atoms with E-state index in [0.29, 0.717) is 29.9 Å². The molecule has 0 amide bonds. The highest BCUT2D eigenvalue weighted by molar-refractivity contribution is 6.00. The third-order valence-corrected chi connectivity index (χ3v) is 5.13. The van der Waals surface area contributed by atoms with Gasteiger partial charge in [-0.15, -0.1) is 0 Å². The highest BCUT2D eigenvalue weighted by Crippen LogP contribution is 2.44. The molecule has 2 aromatic carbocycles. The van der Waals surface area contributed by atoms with E-state index in [4.69, 9.17) is 9.47 Å².